The average molecular weight is 479 g/mol. The van der Waals surface area contributed by atoms with Crippen molar-refractivity contribution >= 4 is 22.2 Å². The zero-order valence-electron chi connectivity index (χ0n) is 20.4. The molecule has 1 unspecified atom stereocenters. The summed E-state index contributed by atoms with van der Waals surface area (Å²) in [6.45, 7) is 10.4. The van der Waals surface area contributed by atoms with Crippen molar-refractivity contribution in [3.8, 4) is 11.5 Å². The number of phenolic OH excluding ortho intramolecular Hbond substituents is 1. The Bertz CT molecular complexity index is 1190. The monoisotopic (exact) mass is 478 g/mol. The van der Waals surface area contributed by atoms with Crippen LogP contribution in [0, 0.1) is 13.8 Å². The minimum absolute atomic E-state index is 0.0176. The Hall–Kier alpha value is -2.83. The van der Waals surface area contributed by atoms with Crippen molar-refractivity contribution < 1.29 is 14.1 Å². The van der Waals surface area contributed by atoms with Gasteiger partial charge in [-0.2, -0.15) is 0 Å². The molecule has 0 saturated carbocycles. The third kappa shape index (κ3) is 4.98. The van der Waals surface area contributed by atoms with Crippen LogP contribution in [0.3, 0.4) is 0 Å². The van der Waals surface area contributed by atoms with E-state index < -0.39 is 10.8 Å². The minimum atomic E-state index is -1.16. The van der Waals surface area contributed by atoms with Gasteiger partial charge in [-0.3, -0.25) is 0 Å². The number of rotatable bonds is 9. The van der Waals surface area contributed by atoms with Gasteiger partial charge >= 0.3 is 0 Å². The zero-order chi connectivity index (χ0) is 24.2. The molecule has 0 bridgehead atoms. The van der Waals surface area contributed by atoms with Gasteiger partial charge in [0.25, 0.3) is 0 Å². The quantitative estimate of drug-likeness (QED) is 0.370. The lowest BCUT2D eigenvalue weighted by atomic mass is 10.1. The number of nitrogens with zero attached hydrogens (tertiary/aromatic N) is 1. The Morgan fingerprint density at radius 1 is 1.00 bits per heavy atom. The molecule has 2 N–H and O–H groups in total. The second kappa shape index (κ2) is 10.6. The molecule has 1 heterocycles. The van der Waals surface area contributed by atoms with Gasteiger partial charge in [-0.25, -0.2) is 4.21 Å². The fourth-order valence-electron chi connectivity index (χ4n) is 4.37. The second-order valence-electron chi connectivity index (χ2n) is 9.06. The molecule has 1 atom stereocenters. The van der Waals surface area contributed by atoms with E-state index in [-0.39, 0.29) is 11.9 Å². The van der Waals surface area contributed by atoms with Gasteiger partial charge in [0.1, 0.15) is 0 Å². The maximum absolute atomic E-state index is 13.2. The van der Waals surface area contributed by atoms with E-state index in [0.717, 1.165) is 52.7 Å². The summed E-state index contributed by atoms with van der Waals surface area (Å²) in [6.07, 6.45) is 2.00. The number of phenols is 1. The van der Waals surface area contributed by atoms with Gasteiger partial charge in [0.2, 0.25) is 0 Å². The van der Waals surface area contributed by atoms with Crippen LogP contribution in [0.5, 0.6) is 11.5 Å². The van der Waals surface area contributed by atoms with E-state index >= 15 is 0 Å². The average Bonchev–Trinajstić information content (AvgIpc) is 2.82. The molecular formula is C28H34N2O3S. The lowest BCUT2D eigenvalue weighted by Gasteiger charge is -2.34. The van der Waals surface area contributed by atoms with Crippen LogP contribution in [0.2, 0.25) is 0 Å². The molecule has 0 amide bonds. The first kappa shape index (κ1) is 24.3. The number of unbranched alkanes of at least 4 members (excludes halogenated alkanes) is 1. The van der Waals surface area contributed by atoms with E-state index in [4.69, 9.17) is 4.74 Å². The molecule has 0 aromatic heterocycles. The lowest BCUT2D eigenvalue weighted by Crippen LogP contribution is -2.27. The fourth-order valence-corrected chi connectivity index (χ4v) is 5.81. The molecule has 1 aliphatic heterocycles. The van der Waals surface area contributed by atoms with Crippen LogP contribution in [-0.4, -0.2) is 28.5 Å². The van der Waals surface area contributed by atoms with E-state index in [1.54, 1.807) is 6.07 Å². The summed E-state index contributed by atoms with van der Waals surface area (Å²) in [7, 11) is -1.16. The normalized spacial score (nSPS) is 14.7. The zero-order valence-corrected chi connectivity index (χ0v) is 21.2. The number of benzene rings is 3. The van der Waals surface area contributed by atoms with Crippen molar-refractivity contribution in [3.05, 3.63) is 71.3 Å². The van der Waals surface area contributed by atoms with Crippen LogP contribution in [0.1, 0.15) is 43.4 Å². The number of ether oxygens (including phenoxy) is 1. The number of hydrogen-bond donors (Lipinski definition) is 2. The predicted octanol–water partition coefficient (Wildman–Crippen LogP) is 5.98. The SMILES string of the molecule is Cc1ccc2c(c1C)N(CCCCNCc1cccc(OC(C)C)c1O)c1ccccc1S2=O. The minimum Gasteiger partial charge on any atom is -0.504 e. The number of nitrogens with one attached hydrogen (secondary N) is 1. The van der Waals surface area contributed by atoms with Crippen molar-refractivity contribution in [2.75, 3.05) is 18.0 Å². The molecule has 3 aromatic carbocycles. The number of aromatic hydroxyl groups is 1. The number of hydrogen-bond acceptors (Lipinski definition) is 5. The van der Waals surface area contributed by atoms with Crippen LogP contribution in [-0.2, 0) is 17.3 Å². The summed E-state index contributed by atoms with van der Waals surface area (Å²) in [4.78, 5) is 4.13. The molecule has 0 saturated heterocycles. The highest BCUT2D eigenvalue weighted by Gasteiger charge is 2.29. The highest BCUT2D eigenvalue weighted by Crippen LogP contribution is 2.44. The molecule has 0 spiro atoms. The standard InChI is InChI=1S/C28H34N2O3S/c1-19(2)33-24-12-9-10-22(28(24)31)18-29-16-7-8-17-30-23-11-5-6-13-25(23)34(32)26-15-14-20(3)21(4)27(26)30/h5-6,9-15,19,29,31H,7-8,16-18H2,1-4H3. The van der Waals surface area contributed by atoms with E-state index in [1.165, 1.54) is 11.1 Å². The van der Waals surface area contributed by atoms with Crippen LogP contribution >= 0.6 is 0 Å². The molecule has 180 valence electrons. The van der Waals surface area contributed by atoms with Crippen LogP contribution in [0.25, 0.3) is 0 Å². The largest absolute Gasteiger partial charge is 0.504 e. The van der Waals surface area contributed by atoms with Crippen LogP contribution in [0.4, 0.5) is 11.4 Å². The molecule has 0 aliphatic carbocycles. The summed E-state index contributed by atoms with van der Waals surface area (Å²) >= 11 is 0. The van der Waals surface area contributed by atoms with Gasteiger partial charge < -0.3 is 20.1 Å². The van der Waals surface area contributed by atoms with E-state index in [1.807, 2.05) is 50.2 Å². The first-order valence-electron chi connectivity index (χ1n) is 11.9. The lowest BCUT2D eigenvalue weighted by molar-refractivity contribution is 0.231. The third-order valence-electron chi connectivity index (χ3n) is 6.24. The molecule has 1 aliphatic rings. The van der Waals surface area contributed by atoms with Crippen molar-refractivity contribution in [1.29, 1.82) is 0 Å². The maximum atomic E-state index is 13.2. The van der Waals surface area contributed by atoms with Gasteiger partial charge in [-0.1, -0.05) is 30.3 Å². The van der Waals surface area contributed by atoms with E-state index in [2.05, 4.69) is 36.2 Å². The molecule has 0 radical (unpaired) electrons. The predicted molar refractivity (Wildman–Crippen MR) is 139 cm³/mol. The second-order valence-corrected chi connectivity index (χ2v) is 10.5. The smallest absolute Gasteiger partial charge is 0.162 e. The first-order chi connectivity index (χ1) is 16.4. The Morgan fingerprint density at radius 3 is 2.59 bits per heavy atom. The van der Waals surface area contributed by atoms with Crippen molar-refractivity contribution in [2.24, 2.45) is 0 Å². The van der Waals surface area contributed by atoms with E-state index in [9.17, 15) is 9.32 Å². The molecule has 0 fully saturated rings. The van der Waals surface area contributed by atoms with Crippen LogP contribution < -0.4 is 15.0 Å². The van der Waals surface area contributed by atoms with Gasteiger partial charge in [0, 0.05) is 18.7 Å². The van der Waals surface area contributed by atoms with E-state index in [0.29, 0.717) is 12.3 Å². The summed E-state index contributed by atoms with van der Waals surface area (Å²) < 4.78 is 18.9. The summed E-state index contributed by atoms with van der Waals surface area (Å²) in [5, 5.41) is 13.9. The molecule has 5 nitrogen and oxygen atoms in total. The van der Waals surface area contributed by atoms with Gasteiger partial charge in [-0.05, 0) is 82.5 Å². The maximum Gasteiger partial charge on any atom is 0.162 e. The molecule has 34 heavy (non-hydrogen) atoms. The molecule has 3 aromatic rings. The summed E-state index contributed by atoms with van der Waals surface area (Å²) in [5.41, 5.74) is 5.38. The van der Waals surface area contributed by atoms with Crippen LogP contribution in [0.15, 0.2) is 64.4 Å². The van der Waals surface area contributed by atoms with Gasteiger partial charge in [0.05, 0.1) is 38.1 Å². The summed E-state index contributed by atoms with van der Waals surface area (Å²) in [5.74, 6) is 0.740. The number of aryl methyl sites for hydroxylation is 1. The molecular weight excluding hydrogens is 444 g/mol. The van der Waals surface area contributed by atoms with Gasteiger partial charge in [0.15, 0.2) is 11.5 Å². The number of anilines is 2. The number of fused-ring (bicyclic) bond motifs is 2. The summed E-state index contributed by atoms with van der Waals surface area (Å²) in [6, 6.07) is 17.7. The van der Waals surface area contributed by atoms with Crippen molar-refractivity contribution in [1.82, 2.24) is 5.32 Å². The Kier molecular flexibility index (Phi) is 7.59. The Balaban J connectivity index is 1.38. The first-order valence-corrected chi connectivity index (χ1v) is 13.1. The van der Waals surface area contributed by atoms with Crippen molar-refractivity contribution in [2.45, 2.75) is 63.0 Å². The van der Waals surface area contributed by atoms with Crippen molar-refractivity contribution in [3.63, 3.8) is 0 Å². The highest BCUT2D eigenvalue weighted by atomic mass is 32.2. The Morgan fingerprint density at radius 2 is 1.79 bits per heavy atom. The fraction of sp³-hybridized carbons (Fsp3) is 0.357. The number of para-hydroxylation sites is 2. The molecule has 4 rings (SSSR count). The topological polar surface area (TPSA) is 61.8 Å². The Labute approximate surface area is 205 Å². The third-order valence-corrected chi connectivity index (χ3v) is 7.71. The highest BCUT2D eigenvalue weighted by molar-refractivity contribution is 7.85. The molecule has 6 heteroatoms. The van der Waals surface area contributed by atoms with Gasteiger partial charge in [-0.15, -0.1) is 0 Å².